The van der Waals surface area contributed by atoms with Crippen LogP contribution < -0.4 is 10.6 Å². The molecule has 0 saturated heterocycles. The highest BCUT2D eigenvalue weighted by Gasteiger charge is 2.08. The monoisotopic (exact) mass is 373 g/mol. The van der Waals surface area contributed by atoms with Gasteiger partial charge < -0.3 is 10.6 Å². The molecule has 0 amide bonds. The van der Waals surface area contributed by atoms with Crippen molar-refractivity contribution in [3.8, 4) is 0 Å². The summed E-state index contributed by atoms with van der Waals surface area (Å²) in [5.41, 5.74) is 3.55. The van der Waals surface area contributed by atoms with Gasteiger partial charge in [0.25, 0.3) is 0 Å². The molecule has 5 nitrogen and oxygen atoms in total. The highest BCUT2D eigenvalue weighted by molar-refractivity contribution is 7.90. The van der Waals surface area contributed by atoms with Gasteiger partial charge >= 0.3 is 0 Å². The summed E-state index contributed by atoms with van der Waals surface area (Å²) in [5, 5.41) is 6.59. The number of aryl methyl sites for hydroxylation is 1. The van der Waals surface area contributed by atoms with Gasteiger partial charge in [0, 0.05) is 26.4 Å². The molecule has 0 heterocycles. The van der Waals surface area contributed by atoms with Crippen molar-refractivity contribution in [1.29, 1.82) is 0 Å². The van der Waals surface area contributed by atoms with Gasteiger partial charge in [-0.15, -0.1) is 0 Å². The molecule has 26 heavy (non-hydrogen) atoms. The summed E-state index contributed by atoms with van der Waals surface area (Å²) >= 11 is 0. The van der Waals surface area contributed by atoms with E-state index in [2.05, 4.69) is 53.7 Å². The second-order valence-electron chi connectivity index (χ2n) is 6.54. The first-order chi connectivity index (χ1) is 12.3. The lowest BCUT2D eigenvalue weighted by Crippen LogP contribution is -2.38. The lowest BCUT2D eigenvalue weighted by Gasteiger charge is -2.17. The first-order valence-corrected chi connectivity index (χ1v) is 10.5. The third-order valence-corrected chi connectivity index (χ3v) is 5.35. The van der Waals surface area contributed by atoms with E-state index in [0.29, 0.717) is 17.4 Å². The zero-order valence-corrected chi connectivity index (χ0v) is 16.6. The first-order valence-electron chi connectivity index (χ1n) is 8.59. The van der Waals surface area contributed by atoms with Crippen LogP contribution in [0.1, 0.15) is 29.5 Å². The molecule has 0 bridgehead atoms. The number of nitrogens with zero attached hydrogens (tertiary/aromatic N) is 1. The Kier molecular flexibility index (Phi) is 6.80. The Morgan fingerprint density at radius 2 is 1.81 bits per heavy atom. The molecule has 0 aromatic heterocycles. The molecule has 140 valence electrons. The van der Waals surface area contributed by atoms with Crippen molar-refractivity contribution in [1.82, 2.24) is 10.6 Å². The molecule has 2 N–H and O–H groups in total. The summed E-state index contributed by atoms with van der Waals surface area (Å²) in [5.74, 6) is 1.08. The third kappa shape index (κ3) is 5.88. The lowest BCUT2D eigenvalue weighted by molar-refractivity contribution is 0.602. The Labute approximate surface area is 156 Å². The molecule has 0 aliphatic rings. The van der Waals surface area contributed by atoms with Crippen LogP contribution in [-0.4, -0.2) is 34.2 Å². The van der Waals surface area contributed by atoms with E-state index in [1.54, 1.807) is 19.2 Å². The van der Waals surface area contributed by atoms with E-state index in [9.17, 15) is 8.42 Å². The highest BCUT2D eigenvalue weighted by atomic mass is 32.2. The highest BCUT2D eigenvalue weighted by Crippen LogP contribution is 2.15. The number of aliphatic imine (C=N–C) groups is 1. The molecule has 2 rings (SSSR count). The molecule has 0 saturated carbocycles. The van der Waals surface area contributed by atoms with Crippen molar-refractivity contribution in [3.05, 3.63) is 65.2 Å². The number of rotatable bonds is 6. The van der Waals surface area contributed by atoms with Crippen molar-refractivity contribution < 1.29 is 8.42 Å². The average Bonchev–Trinajstić information content (AvgIpc) is 2.61. The lowest BCUT2D eigenvalue weighted by atomic mass is 9.99. The zero-order chi connectivity index (χ0) is 19.2. The summed E-state index contributed by atoms with van der Waals surface area (Å²) in [6.07, 6.45) is 1.21. The molecular weight excluding hydrogens is 346 g/mol. The fourth-order valence-corrected chi connectivity index (χ4v) is 3.24. The summed E-state index contributed by atoms with van der Waals surface area (Å²) in [7, 11) is -1.42. The molecule has 0 aliphatic heterocycles. The minimum absolute atomic E-state index is 0.329. The summed E-state index contributed by atoms with van der Waals surface area (Å²) in [6.45, 7) is 5.62. The Bertz CT molecular complexity index is 859. The number of sulfone groups is 1. The topological polar surface area (TPSA) is 70.6 Å². The third-order valence-electron chi connectivity index (χ3n) is 4.22. The smallest absolute Gasteiger partial charge is 0.191 e. The maximum atomic E-state index is 11.5. The number of hydrogen-bond donors (Lipinski definition) is 2. The van der Waals surface area contributed by atoms with Gasteiger partial charge in [0.2, 0.25) is 0 Å². The Balaban J connectivity index is 1.88. The molecular formula is C20H27N3O2S. The van der Waals surface area contributed by atoms with Crippen molar-refractivity contribution in [2.45, 2.75) is 31.2 Å². The molecule has 0 aliphatic carbocycles. The van der Waals surface area contributed by atoms with Crippen LogP contribution in [0.4, 0.5) is 0 Å². The Hall–Kier alpha value is -2.34. The molecule has 6 heteroatoms. The minimum Gasteiger partial charge on any atom is -0.356 e. The van der Waals surface area contributed by atoms with Crippen LogP contribution in [0.15, 0.2) is 58.4 Å². The van der Waals surface area contributed by atoms with Gasteiger partial charge in [-0.2, -0.15) is 0 Å². The van der Waals surface area contributed by atoms with E-state index in [4.69, 9.17) is 0 Å². The molecule has 1 unspecified atom stereocenters. The second-order valence-corrected chi connectivity index (χ2v) is 8.55. The van der Waals surface area contributed by atoms with Gasteiger partial charge in [0.1, 0.15) is 0 Å². The van der Waals surface area contributed by atoms with Crippen molar-refractivity contribution in [2.75, 3.05) is 19.8 Å². The molecule has 2 aromatic carbocycles. The number of nitrogens with one attached hydrogen (secondary N) is 2. The van der Waals surface area contributed by atoms with Gasteiger partial charge in [0.15, 0.2) is 15.8 Å². The van der Waals surface area contributed by atoms with Crippen LogP contribution in [0.5, 0.6) is 0 Å². The molecule has 0 fully saturated rings. The number of benzene rings is 2. The largest absolute Gasteiger partial charge is 0.356 e. The predicted octanol–water partition coefficient (Wildman–Crippen LogP) is 2.87. The van der Waals surface area contributed by atoms with Crippen LogP contribution in [0.25, 0.3) is 0 Å². The summed E-state index contributed by atoms with van der Waals surface area (Å²) in [4.78, 5) is 4.57. The second kappa shape index (κ2) is 8.85. The van der Waals surface area contributed by atoms with E-state index < -0.39 is 9.84 Å². The maximum Gasteiger partial charge on any atom is 0.191 e. The van der Waals surface area contributed by atoms with Crippen LogP contribution in [0.2, 0.25) is 0 Å². The quantitative estimate of drug-likeness (QED) is 0.603. The first kappa shape index (κ1) is 20.0. The van der Waals surface area contributed by atoms with Gasteiger partial charge in [0.05, 0.1) is 4.90 Å². The van der Waals surface area contributed by atoms with E-state index in [-0.39, 0.29) is 0 Å². The summed E-state index contributed by atoms with van der Waals surface area (Å²) < 4.78 is 23.0. The van der Waals surface area contributed by atoms with Crippen LogP contribution in [-0.2, 0) is 16.4 Å². The van der Waals surface area contributed by atoms with E-state index in [1.807, 2.05) is 12.1 Å². The van der Waals surface area contributed by atoms with Gasteiger partial charge in [-0.1, -0.05) is 48.9 Å². The van der Waals surface area contributed by atoms with Crippen molar-refractivity contribution in [3.63, 3.8) is 0 Å². The Morgan fingerprint density at radius 1 is 1.12 bits per heavy atom. The normalized spacial score (nSPS) is 13.3. The van der Waals surface area contributed by atoms with Crippen molar-refractivity contribution >= 4 is 15.8 Å². The standard InChI is InChI=1S/C20H27N3O2S/c1-15-6-5-7-18(12-15)16(2)13-22-20(21-3)23-14-17-8-10-19(11-9-17)26(4,24)25/h5-12,16H,13-14H2,1-4H3,(H2,21,22,23). The fourth-order valence-electron chi connectivity index (χ4n) is 2.61. The molecule has 2 aromatic rings. The Morgan fingerprint density at radius 3 is 2.38 bits per heavy atom. The van der Waals surface area contributed by atoms with E-state index >= 15 is 0 Å². The maximum absolute atomic E-state index is 11.5. The van der Waals surface area contributed by atoms with Crippen molar-refractivity contribution in [2.24, 2.45) is 4.99 Å². The number of guanidine groups is 1. The van der Waals surface area contributed by atoms with Crippen LogP contribution >= 0.6 is 0 Å². The van der Waals surface area contributed by atoms with Crippen LogP contribution in [0.3, 0.4) is 0 Å². The molecule has 1 atom stereocenters. The molecule has 0 spiro atoms. The van der Waals surface area contributed by atoms with E-state index in [0.717, 1.165) is 18.1 Å². The predicted molar refractivity (Wildman–Crippen MR) is 107 cm³/mol. The van der Waals surface area contributed by atoms with Gasteiger partial charge in [-0.05, 0) is 36.1 Å². The SMILES string of the molecule is CN=C(NCc1ccc(S(C)(=O)=O)cc1)NCC(C)c1cccc(C)c1. The van der Waals surface area contributed by atoms with E-state index in [1.165, 1.54) is 17.4 Å². The van der Waals surface area contributed by atoms with Gasteiger partial charge in [-0.3, -0.25) is 4.99 Å². The minimum atomic E-state index is -3.16. The van der Waals surface area contributed by atoms with Gasteiger partial charge in [-0.25, -0.2) is 8.42 Å². The fraction of sp³-hybridized carbons (Fsp3) is 0.350. The number of hydrogen-bond acceptors (Lipinski definition) is 3. The van der Waals surface area contributed by atoms with Crippen LogP contribution in [0, 0.1) is 6.92 Å². The zero-order valence-electron chi connectivity index (χ0n) is 15.8. The average molecular weight is 374 g/mol. The summed E-state index contributed by atoms with van der Waals surface area (Å²) in [6, 6.07) is 15.4. The molecule has 0 radical (unpaired) electrons.